The Morgan fingerprint density at radius 3 is 3.20 bits per heavy atom. The molecular formula is C11H11N3O. The molecule has 0 saturated heterocycles. The number of anilines is 1. The van der Waals surface area contributed by atoms with Crippen LogP contribution in [0.5, 0.6) is 0 Å². The lowest BCUT2D eigenvalue weighted by molar-refractivity contribution is 0.0674. The SMILES string of the molecule is O=C1c2ccccc2NC2CCC=NN12. The first-order valence-corrected chi connectivity index (χ1v) is 5.08. The normalized spacial score (nSPS) is 23.1. The summed E-state index contributed by atoms with van der Waals surface area (Å²) in [6.07, 6.45) is 3.66. The van der Waals surface area contributed by atoms with Gasteiger partial charge >= 0.3 is 0 Å². The number of hydrogen-bond acceptors (Lipinski definition) is 3. The molecule has 4 heteroatoms. The molecule has 1 N–H and O–H groups in total. The van der Waals surface area contributed by atoms with Gasteiger partial charge in [-0.3, -0.25) is 4.79 Å². The number of fused-ring (bicyclic) bond motifs is 2. The molecule has 1 unspecified atom stereocenters. The molecule has 15 heavy (non-hydrogen) atoms. The van der Waals surface area contributed by atoms with E-state index in [1.165, 1.54) is 5.01 Å². The fourth-order valence-electron chi connectivity index (χ4n) is 2.01. The Balaban J connectivity index is 2.08. The first-order chi connectivity index (χ1) is 7.36. The standard InChI is InChI=1S/C11H11N3O/c15-11-8-4-1-2-5-9(8)13-10-6-3-7-12-14(10)11/h1-2,4-5,7,10,13H,3,6H2. The molecule has 1 aromatic rings. The minimum absolute atomic E-state index is 0.00898. The van der Waals surface area contributed by atoms with E-state index in [4.69, 9.17) is 0 Å². The van der Waals surface area contributed by atoms with Gasteiger partial charge in [-0.15, -0.1) is 0 Å². The van der Waals surface area contributed by atoms with Crippen LogP contribution in [0.2, 0.25) is 0 Å². The summed E-state index contributed by atoms with van der Waals surface area (Å²) >= 11 is 0. The van der Waals surface area contributed by atoms with E-state index in [-0.39, 0.29) is 12.1 Å². The van der Waals surface area contributed by atoms with Gasteiger partial charge in [0.15, 0.2) is 0 Å². The fourth-order valence-corrected chi connectivity index (χ4v) is 2.01. The van der Waals surface area contributed by atoms with Crippen LogP contribution in [0.25, 0.3) is 0 Å². The topological polar surface area (TPSA) is 44.7 Å². The highest BCUT2D eigenvalue weighted by atomic mass is 16.2. The largest absolute Gasteiger partial charge is 0.363 e. The Morgan fingerprint density at radius 1 is 1.40 bits per heavy atom. The fraction of sp³-hybridized carbons (Fsp3) is 0.273. The Labute approximate surface area is 87.6 Å². The number of hydrogen-bond donors (Lipinski definition) is 1. The highest BCUT2D eigenvalue weighted by Crippen LogP contribution is 2.28. The number of carbonyl (C=O) groups excluding carboxylic acids is 1. The van der Waals surface area contributed by atoms with Gasteiger partial charge in [0.25, 0.3) is 5.91 Å². The summed E-state index contributed by atoms with van der Waals surface area (Å²) in [6, 6.07) is 7.56. The number of nitrogens with zero attached hydrogens (tertiary/aromatic N) is 2. The monoisotopic (exact) mass is 201 g/mol. The van der Waals surface area contributed by atoms with Crippen molar-refractivity contribution in [3.63, 3.8) is 0 Å². The van der Waals surface area contributed by atoms with Gasteiger partial charge in [0.05, 0.1) is 5.56 Å². The van der Waals surface area contributed by atoms with Gasteiger partial charge in [-0.1, -0.05) is 12.1 Å². The zero-order valence-corrected chi connectivity index (χ0v) is 8.18. The minimum atomic E-state index is -0.00898. The van der Waals surface area contributed by atoms with Crippen LogP contribution in [0, 0.1) is 0 Å². The maximum atomic E-state index is 12.0. The van der Waals surface area contributed by atoms with E-state index in [1.54, 1.807) is 6.21 Å². The van der Waals surface area contributed by atoms with E-state index >= 15 is 0 Å². The number of benzene rings is 1. The second kappa shape index (κ2) is 3.08. The number of hydrazone groups is 1. The third kappa shape index (κ3) is 1.21. The molecule has 1 atom stereocenters. The van der Waals surface area contributed by atoms with Crippen molar-refractivity contribution in [1.82, 2.24) is 5.01 Å². The van der Waals surface area contributed by atoms with Crippen LogP contribution >= 0.6 is 0 Å². The molecule has 0 bridgehead atoms. The van der Waals surface area contributed by atoms with E-state index in [1.807, 2.05) is 24.3 Å². The van der Waals surface area contributed by atoms with Crippen LogP contribution in [0.15, 0.2) is 29.4 Å². The number of nitrogens with one attached hydrogen (secondary N) is 1. The van der Waals surface area contributed by atoms with Crippen LogP contribution in [0.4, 0.5) is 5.69 Å². The summed E-state index contributed by atoms with van der Waals surface area (Å²) in [5, 5.41) is 8.98. The molecule has 0 aliphatic carbocycles. The van der Waals surface area contributed by atoms with Crippen molar-refractivity contribution in [2.45, 2.75) is 19.0 Å². The van der Waals surface area contributed by atoms with Crippen LogP contribution in [-0.4, -0.2) is 23.3 Å². The molecule has 0 aromatic heterocycles. The molecule has 1 aromatic carbocycles. The molecule has 0 fully saturated rings. The Hall–Kier alpha value is -1.84. The molecule has 76 valence electrons. The summed E-state index contributed by atoms with van der Waals surface area (Å²) in [5.74, 6) is -0.00898. The van der Waals surface area contributed by atoms with Gasteiger partial charge < -0.3 is 5.32 Å². The molecule has 2 aliphatic heterocycles. The number of para-hydroxylation sites is 1. The molecule has 0 saturated carbocycles. The lowest BCUT2D eigenvalue weighted by atomic mass is 10.1. The third-order valence-electron chi connectivity index (χ3n) is 2.76. The summed E-state index contributed by atoms with van der Waals surface area (Å²) < 4.78 is 0. The maximum Gasteiger partial charge on any atom is 0.278 e. The first kappa shape index (κ1) is 8.47. The average Bonchev–Trinajstić information content (AvgIpc) is 2.30. The Bertz CT molecular complexity index is 441. The van der Waals surface area contributed by atoms with Crippen molar-refractivity contribution in [2.75, 3.05) is 5.32 Å². The zero-order chi connectivity index (χ0) is 10.3. The third-order valence-corrected chi connectivity index (χ3v) is 2.76. The van der Waals surface area contributed by atoms with Crippen molar-refractivity contribution in [1.29, 1.82) is 0 Å². The highest BCUT2D eigenvalue weighted by Gasteiger charge is 2.32. The molecule has 0 radical (unpaired) electrons. The van der Waals surface area contributed by atoms with Crippen LogP contribution in [0.3, 0.4) is 0 Å². The summed E-state index contributed by atoms with van der Waals surface area (Å²) in [7, 11) is 0. The van der Waals surface area contributed by atoms with Crippen LogP contribution in [0.1, 0.15) is 23.2 Å². The average molecular weight is 201 g/mol. The van der Waals surface area contributed by atoms with Gasteiger partial charge in [0.2, 0.25) is 0 Å². The maximum absolute atomic E-state index is 12.0. The van der Waals surface area contributed by atoms with E-state index in [2.05, 4.69) is 10.4 Å². The molecule has 0 spiro atoms. The van der Waals surface area contributed by atoms with Crippen LogP contribution in [-0.2, 0) is 0 Å². The molecule has 4 nitrogen and oxygen atoms in total. The van der Waals surface area contributed by atoms with E-state index < -0.39 is 0 Å². The van der Waals surface area contributed by atoms with E-state index in [0.29, 0.717) is 5.56 Å². The second-order valence-electron chi connectivity index (χ2n) is 3.73. The second-order valence-corrected chi connectivity index (χ2v) is 3.73. The van der Waals surface area contributed by atoms with E-state index in [0.717, 1.165) is 18.5 Å². The predicted octanol–water partition coefficient (Wildman–Crippen LogP) is 1.66. The predicted molar refractivity (Wildman–Crippen MR) is 57.7 cm³/mol. The quantitative estimate of drug-likeness (QED) is 0.693. The van der Waals surface area contributed by atoms with Gasteiger partial charge in [0, 0.05) is 11.9 Å². The van der Waals surface area contributed by atoms with Crippen molar-refractivity contribution in [3.05, 3.63) is 29.8 Å². The summed E-state index contributed by atoms with van der Waals surface area (Å²) in [6.45, 7) is 0. The number of amides is 1. The lowest BCUT2D eigenvalue weighted by Gasteiger charge is -2.36. The van der Waals surface area contributed by atoms with Crippen molar-refractivity contribution < 1.29 is 4.79 Å². The van der Waals surface area contributed by atoms with Crippen molar-refractivity contribution in [2.24, 2.45) is 5.10 Å². The molecule has 2 aliphatic rings. The van der Waals surface area contributed by atoms with Crippen molar-refractivity contribution >= 4 is 17.8 Å². The highest BCUT2D eigenvalue weighted by molar-refractivity contribution is 6.01. The van der Waals surface area contributed by atoms with Crippen LogP contribution < -0.4 is 5.32 Å². The van der Waals surface area contributed by atoms with Gasteiger partial charge in [-0.2, -0.15) is 5.10 Å². The summed E-state index contributed by atoms with van der Waals surface area (Å²) in [4.78, 5) is 12.0. The zero-order valence-electron chi connectivity index (χ0n) is 8.18. The molecule has 1 amide bonds. The first-order valence-electron chi connectivity index (χ1n) is 5.08. The van der Waals surface area contributed by atoms with E-state index in [9.17, 15) is 4.79 Å². The van der Waals surface area contributed by atoms with Gasteiger partial charge in [-0.25, -0.2) is 5.01 Å². The summed E-state index contributed by atoms with van der Waals surface area (Å²) in [5.41, 5.74) is 1.62. The molecular weight excluding hydrogens is 190 g/mol. The number of carbonyl (C=O) groups is 1. The minimum Gasteiger partial charge on any atom is -0.363 e. The Morgan fingerprint density at radius 2 is 2.27 bits per heavy atom. The van der Waals surface area contributed by atoms with Crippen molar-refractivity contribution in [3.8, 4) is 0 Å². The van der Waals surface area contributed by atoms with Gasteiger partial charge in [0.1, 0.15) is 6.17 Å². The lowest BCUT2D eigenvalue weighted by Crippen LogP contribution is -2.47. The molecule has 2 heterocycles. The smallest absolute Gasteiger partial charge is 0.278 e. The Kier molecular flexibility index (Phi) is 1.74. The molecule has 3 rings (SSSR count). The van der Waals surface area contributed by atoms with Gasteiger partial charge in [-0.05, 0) is 25.0 Å². The number of rotatable bonds is 0.